The molecule has 3 rings (SSSR count). The van der Waals surface area contributed by atoms with E-state index in [1.807, 2.05) is 6.92 Å². The second-order valence-electron chi connectivity index (χ2n) is 6.43. The van der Waals surface area contributed by atoms with Gasteiger partial charge < -0.3 is 4.98 Å². The second kappa shape index (κ2) is 6.94. The number of aromatic amines is 1. The molecule has 144 valence electrons. The van der Waals surface area contributed by atoms with Crippen LogP contribution in [0.1, 0.15) is 47.9 Å². The molecule has 0 amide bonds. The standard InChI is InChI=1S/C20H17F6N/c1-2-4-14(12-7-9-13(10-8-12)19(21,22)23)16-11-27-18-15(16)5-3-6-17(18)20(24,25)26/h3,5-11,14,27H,2,4H2,1H3. The molecule has 0 saturated carbocycles. The zero-order valence-electron chi connectivity index (χ0n) is 14.4. The zero-order chi connectivity index (χ0) is 19.8. The number of alkyl halides is 6. The summed E-state index contributed by atoms with van der Waals surface area (Å²) < 4.78 is 78.1. The van der Waals surface area contributed by atoms with Crippen LogP contribution < -0.4 is 0 Å². The molecule has 0 aliphatic heterocycles. The van der Waals surface area contributed by atoms with Crippen molar-refractivity contribution in [2.45, 2.75) is 38.0 Å². The maximum Gasteiger partial charge on any atom is 0.418 e. The average Bonchev–Trinajstić information content (AvgIpc) is 3.02. The van der Waals surface area contributed by atoms with Gasteiger partial charge in [0.25, 0.3) is 0 Å². The lowest BCUT2D eigenvalue weighted by Crippen LogP contribution is -2.07. The average molecular weight is 385 g/mol. The first-order valence-corrected chi connectivity index (χ1v) is 8.47. The Morgan fingerprint density at radius 2 is 1.56 bits per heavy atom. The molecule has 2 aromatic carbocycles. The highest BCUT2D eigenvalue weighted by Gasteiger charge is 2.34. The molecule has 0 spiro atoms. The number of hydrogen-bond acceptors (Lipinski definition) is 0. The van der Waals surface area contributed by atoms with Gasteiger partial charge in [0.2, 0.25) is 0 Å². The van der Waals surface area contributed by atoms with Crippen LogP contribution in [-0.4, -0.2) is 4.98 Å². The number of hydrogen-bond donors (Lipinski definition) is 1. The molecule has 1 atom stereocenters. The fraction of sp³-hybridized carbons (Fsp3) is 0.300. The van der Waals surface area contributed by atoms with Crippen molar-refractivity contribution in [2.75, 3.05) is 0 Å². The molecular weight excluding hydrogens is 368 g/mol. The van der Waals surface area contributed by atoms with Gasteiger partial charge >= 0.3 is 12.4 Å². The van der Waals surface area contributed by atoms with Crippen molar-refractivity contribution in [1.82, 2.24) is 4.98 Å². The lowest BCUT2D eigenvalue weighted by Gasteiger charge is -2.18. The largest absolute Gasteiger partial charge is 0.418 e. The van der Waals surface area contributed by atoms with E-state index in [9.17, 15) is 26.3 Å². The van der Waals surface area contributed by atoms with Crippen LogP contribution in [0.25, 0.3) is 10.9 Å². The van der Waals surface area contributed by atoms with Crippen molar-refractivity contribution in [3.05, 3.63) is 70.9 Å². The van der Waals surface area contributed by atoms with E-state index in [4.69, 9.17) is 0 Å². The van der Waals surface area contributed by atoms with Gasteiger partial charge in [0.05, 0.1) is 16.6 Å². The number of rotatable bonds is 4. The monoisotopic (exact) mass is 385 g/mol. The SMILES string of the molecule is CCCC(c1ccc(C(F)(F)F)cc1)c1c[nH]c2c(C(F)(F)F)cccc12. The van der Waals surface area contributed by atoms with Crippen LogP contribution in [0.3, 0.4) is 0 Å². The molecule has 1 nitrogen and oxygen atoms in total. The van der Waals surface area contributed by atoms with E-state index in [1.54, 1.807) is 6.07 Å². The van der Waals surface area contributed by atoms with E-state index in [2.05, 4.69) is 4.98 Å². The molecule has 27 heavy (non-hydrogen) atoms. The number of para-hydroxylation sites is 1. The lowest BCUT2D eigenvalue weighted by atomic mass is 9.87. The quantitative estimate of drug-likeness (QED) is 0.460. The minimum absolute atomic E-state index is 0.00647. The third-order valence-corrected chi connectivity index (χ3v) is 4.65. The molecule has 0 aliphatic carbocycles. The van der Waals surface area contributed by atoms with Gasteiger partial charge in [0.1, 0.15) is 0 Å². The van der Waals surface area contributed by atoms with Gasteiger partial charge in [-0.3, -0.25) is 0 Å². The van der Waals surface area contributed by atoms with E-state index < -0.39 is 23.5 Å². The van der Waals surface area contributed by atoms with Crippen LogP contribution >= 0.6 is 0 Å². The first-order valence-electron chi connectivity index (χ1n) is 8.47. The summed E-state index contributed by atoms with van der Waals surface area (Å²) in [6, 6.07) is 8.77. The molecule has 0 radical (unpaired) electrons. The predicted octanol–water partition coefficient (Wildman–Crippen LogP) is 7.14. The predicted molar refractivity (Wildman–Crippen MR) is 91.5 cm³/mol. The Hall–Kier alpha value is -2.44. The first kappa shape index (κ1) is 19.3. The summed E-state index contributed by atoms with van der Waals surface area (Å²) in [5, 5.41) is 0.433. The van der Waals surface area contributed by atoms with E-state index in [-0.39, 0.29) is 11.4 Å². The molecule has 0 saturated heterocycles. The van der Waals surface area contributed by atoms with Gasteiger partial charge in [-0.05, 0) is 35.7 Å². The fourth-order valence-electron chi connectivity index (χ4n) is 3.40. The number of aromatic nitrogens is 1. The molecular formula is C20H17F6N. The van der Waals surface area contributed by atoms with Crippen LogP contribution in [-0.2, 0) is 12.4 Å². The van der Waals surface area contributed by atoms with Gasteiger partial charge in [-0.2, -0.15) is 26.3 Å². The Balaban J connectivity index is 2.08. The van der Waals surface area contributed by atoms with Gasteiger partial charge in [-0.1, -0.05) is 37.6 Å². The number of halogens is 6. The fourth-order valence-corrected chi connectivity index (χ4v) is 3.40. The Morgan fingerprint density at radius 3 is 2.11 bits per heavy atom. The maximum absolute atomic E-state index is 13.2. The van der Waals surface area contributed by atoms with E-state index in [1.165, 1.54) is 24.4 Å². The van der Waals surface area contributed by atoms with Crippen molar-refractivity contribution in [1.29, 1.82) is 0 Å². The van der Waals surface area contributed by atoms with Gasteiger partial charge in [0.15, 0.2) is 0 Å². The van der Waals surface area contributed by atoms with Crippen LogP contribution in [0.15, 0.2) is 48.7 Å². The van der Waals surface area contributed by atoms with Crippen molar-refractivity contribution < 1.29 is 26.3 Å². The first-order chi connectivity index (χ1) is 12.6. The molecule has 3 aromatic rings. The Kier molecular flexibility index (Phi) is 4.97. The van der Waals surface area contributed by atoms with Crippen molar-refractivity contribution >= 4 is 10.9 Å². The van der Waals surface area contributed by atoms with Gasteiger partial charge in [-0.15, -0.1) is 0 Å². The van der Waals surface area contributed by atoms with Crippen molar-refractivity contribution in [2.24, 2.45) is 0 Å². The second-order valence-corrected chi connectivity index (χ2v) is 6.43. The van der Waals surface area contributed by atoms with Crippen molar-refractivity contribution in [3.8, 4) is 0 Å². The summed E-state index contributed by atoms with van der Waals surface area (Å²) in [6.45, 7) is 1.92. The third kappa shape index (κ3) is 3.82. The molecule has 0 bridgehead atoms. The normalized spacial score (nSPS) is 13.9. The number of nitrogens with one attached hydrogen (secondary N) is 1. The Morgan fingerprint density at radius 1 is 0.889 bits per heavy atom. The molecule has 7 heteroatoms. The molecule has 0 fully saturated rings. The van der Waals surface area contributed by atoms with E-state index >= 15 is 0 Å². The van der Waals surface area contributed by atoms with Crippen LogP contribution in [0.4, 0.5) is 26.3 Å². The number of benzene rings is 2. The third-order valence-electron chi connectivity index (χ3n) is 4.65. The van der Waals surface area contributed by atoms with Gasteiger partial charge in [-0.25, -0.2) is 0 Å². The molecule has 1 N–H and O–H groups in total. The minimum atomic E-state index is -4.49. The van der Waals surface area contributed by atoms with Crippen molar-refractivity contribution in [3.63, 3.8) is 0 Å². The molecule has 1 unspecified atom stereocenters. The lowest BCUT2D eigenvalue weighted by molar-refractivity contribution is -0.138. The zero-order valence-corrected chi connectivity index (χ0v) is 14.4. The van der Waals surface area contributed by atoms with Crippen LogP contribution in [0.2, 0.25) is 0 Å². The number of fused-ring (bicyclic) bond motifs is 1. The van der Waals surface area contributed by atoms with Crippen LogP contribution in [0.5, 0.6) is 0 Å². The maximum atomic E-state index is 13.2. The smallest absolute Gasteiger partial charge is 0.360 e. The molecule has 1 heterocycles. The topological polar surface area (TPSA) is 15.8 Å². The number of H-pyrrole nitrogens is 1. The van der Waals surface area contributed by atoms with E-state index in [0.29, 0.717) is 22.9 Å². The summed E-state index contributed by atoms with van der Waals surface area (Å²) in [5.41, 5.74) is -0.220. The molecule has 1 aromatic heterocycles. The summed E-state index contributed by atoms with van der Waals surface area (Å²) in [5.74, 6) is -0.297. The Bertz CT molecular complexity index is 918. The molecule has 0 aliphatic rings. The van der Waals surface area contributed by atoms with E-state index in [0.717, 1.165) is 24.6 Å². The van der Waals surface area contributed by atoms with Gasteiger partial charge in [0, 0.05) is 17.5 Å². The highest BCUT2D eigenvalue weighted by Crippen LogP contribution is 2.40. The summed E-state index contributed by atoms with van der Waals surface area (Å²) in [6.07, 6.45) is -6.05. The summed E-state index contributed by atoms with van der Waals surface area (Å²) in [7, 11) is 0. The Labute approximate surface area is 152 Å². The highest BCUT2D eigenvalue weighted by molar-refractivity contribution is 5.87. The van der Waals surface area contributed by atoms with Crippen LogP contribution in [0, 0.1) is 0 Å². The minimum Gasteiger partial charge on any atom is -0.360 e. The summed E-state index contributed by atoms with van der Waals surface area (Å²) in [4.78, 5) is 2.71. The summed E-state index contributed by atoms with van der Waals surface area (Å²) >= 11 is 0. The highest BCUT2D eigenvalue weighted by atomic mass is 19.4.